The minimum absolute atomic E-state index is 0.00265. The summed E-state index contributed by atoms with van der Waals surface area (Å²) in [6.45, 7) is 3.09. The highest BCUT2D eigenvalue weighted by atomic mass is 16.4. The maximum Gasteiger partial charge on any atom is 0.307 e. The van der Waals surface area contributed by atoms with Crippen molar-refractivity contribution in [3.63, 3.8) is 0 Å². The molecule has 154 valence electrons. The molecule has 2 aromatic carbocycles. The number of benzene rings is 2. The van der Waals surface area contributed by atoms with E-state index in [0.29, 0.717) is 5.92 Å². The van der Waals surface area contributed by atoms with Gasteiger partial charge >= 0.3 is 5.97 Å². The third kappa shape index (κ3) is 4.56. The van der Waals surface area contributed by atoms with Crippen LogP contribution in [-0.2, 0) is 4.79 Å². The zero-order chi connectivity index (χ0) is 20.1. The fourth-order valence-electron chi connectivity index (χ4n) is 5.84. The molecule has 1 saturated carbocycles. The molecule has 0 aromatic heterocycles. The average Bonchev–Trinajstić information content (AvgIpc) is 2.76. The molecule has 1 N–H and O–H groups in total. The van der Waals surface area contributed by atoms with Crippen molar-refractivity contribution in [3.8, 4) is 0 Å². The lowest BCUT2D eigenvalue weighted by Crippen LogP contribution is -2.51. The van der Waals surface area contributed by atoms with Crippen molar-refractivity contribution >= 4 is 5.97 Å². The molecule has 2 aromatic rings. The summed E-state index contributed by atoms with van der Waals surface area (Å²) in [6.07, 6.45) is 7.49. The highest BCUT2D eigenvalue weighted by Crippen LogP contribution is 2.47. The van der Waals surface area contributed by atoms with Gasteiger partial charge in [-0.25, -0.2) is 0 Å². The minimum Gasteiger partial charge on any atom is -0.481 e. The molecule has 0 radical (unpaired) electrons. The number of carboxylic acids is 1. The van der Waals surface area contributed by atoms with Crippen LogP contribution in [0.3, 0.4) is 0 Å². The molecule has 2 atom stereocenters. The first-order valence-electron chi connectivity index (χ1n) is 11.2. The van der Waals surface area contributed by atoms with Gasteiger partial charge in [-0.05, 0) is 61.7 Å². The summed E-state index contributed by atoms with van der Waals surface area (Å²) in [5.41, 5.74) is 2.73. The molecule has 29 heavy (non-hydrogen) atoms. The molecule has 0 bridgehead atoms. The number of aliphatic carboxylic acids is 1. The average molecular weight is 392 g/mol. The number of carboxylic acid groups (broad SMARTS) is 1. The smallest absolute Gasteiger partial charge is 0.307 e. The summed E-state index contributed by atoms with van der Waals surface area (Å²) in [7, 11) is 0. The molecular formula is C26H33NO2. The highest BCUT2D eigenvalue weighted by molar-refractivity contribution is 5.71. The number of likely N-dealkylation sites (tertiary alicyclic amines) is 1. The first kappa shape index (κ1) is 20.2. The molecule has 4 rings (SSSR count). The second-order valence-electron chi connectivity index (χ2n) is 9.04. The maximum atomic E-state index is 12.0. The van der Waals surface area contributed by atoms with E-state index in [0.717, 1.165) is 58.2 Å². The van der Waals surface area contributed by atoms with Gasteiger partial charge in [0.25, 0.3) is 0 Å². The lowest BCUT2D eigenvalue weighted by atomic mass is 9.62. The molecular weight excluding hydrogens is 358 g/mol. The number of rotatable bonds is 6. The zero-order valence-electron chi connectivity index (χ0n) is 17.3. The molecule has 3 heteroatoms. The largest absolute Gasteiger partial charge is 0.481 e. The third-order valence-corrected chi connectivity index (χ3v) is 7.28. The van der Waals surface area contributed by atoms with Gasteiger partial charge in [0.15, 0.2) is 0 Å². The van der Waals surface area contributed by atoms with Crippen LogP contribution in [0.15, 0.2) is 60.7 Å². The molecule has 1 aliphatic heterocycles. The van der Waals surface area contributed by atoms with Crippen LogP contribution in [0.4, 0.5) is 0 Å². The van der Waals surface area contributed by atoms with Crippen LogP contribution in [0.5, 0.6) is 0 Å². The fraction of sp³-hybridized carbons (Fsp3) is 0.500. The topological polar surface area (TPSA) is 40.5 Å². The molecule has 3 nitrogen and oxygen atoms in total. The van der Waals surface area contributed by atoms with Crippen molar-refractivity contribution in [1.29, 1.82) is 0 Å². The van der Waals surface area contributed by atoms with E-state index in [1.807, 2.05) is 0 Å². The minimum atomic E-state index is -0.571. The van der Waals surface area contributed by atoms with Gasteiger partial charge in [0.05, 0.1) is 5.92 Å². The van der Waals surface area contributed by atoms with E-state index >= 15 is 0 Å². The summed E-state index contributed by atoms with van der Waals surface area (Å²) in [5.74, 6) is -0.340. The van der Waals surface area contributed by atoms with Crippen molar-refractivity contribution < 1.29 is 9.90 Å². The Morgan fingerprint density at radius 1 is 0.966 bits per heavy atom. The first-order valence-corrected chi connectivity index (χ1v) is 11.2. The molecule has 1 aliphatic carbocycles. The monoisotopic (exact) mass is 391 g/mol. The Balaban J connectivity index is 1.48. The molecule has 0 amide bonds. The number of nitrogens with zero attached hydrogens (tertiary/aromatic N) is 1. The lowest BCUT2D eigenvalue weighted by Gasteiger charge is -2.48. The van der Waals surface area contributed by atoms with Crippen LogP contribution in [0.1, 0.15) is 62.0 Å². The Bertz CT molecular complexity index is 747. The predicted molar refractivity (Wildman–Crippen MR) is 117 cm³/mol. The molecule has 2 fully saturated rings. The van der Waals surface area contributed by atoms with Crippen LogP contribution >= 0.6 is 0 Å². The van der Waals surface area contributed by atoms with Gasteiger partial charge in [-0.15, -0.1) is 0 Å². The van der Waals surface area contributed by atoms with E-state index in [2.05, 4.69) is 65.6 Å². The summed E-state index contributed by atoms with van der Waals surface area (Å²) < 4.78 is 0. The number of carbonyl (C=O) groups is 1. The predicted octanol–water partition coefficient (Wildman–Crippen LogP) is 5.57. The van der Waals surface area contributed by atoms with Crippen LogP contribution in [-0.4, -0.2) is 35.6 Å². The summed E-state index contributed by atoms with van der Waals surface area (Å²) in [5, 5.41) is 9.84. The normalized spacial score (nSPS) is 25.3. The SMILES string of the molecule is O=C(O)[C@@H]1CCCC[C@@]12CCCN(CCC(c1ccccc1)c1ccccc1)C2. The number of piperidine rings is 1. The standard InChI is InChI=1S/C26H33NO2/c28-25(29)24-14-7-8-16-26(24)17-9-18-27(20-26)19-15-23(21-10-3-1-4-11-21)22-12-5-2-6-13-22/h1-6,10-13,23-24H,7-9,14-20H2,(H,28,29)/t24-,26-/m0/s1. The van der Waals surface area contributed by atoms with Gasteiger partial charge in [0, 0.05) is 12.5 Å². The van der Waals surface area contributed by atoms with Crippen LogP contribution in [0, 0.1) is 11.3 Å². The quantitative estimate of drug-likeness (QED) is 0.700. The second kappa shape index (κ2) is 9.13. The summed E-state index contributed by atoms with van der Waals surface area (Å²) in [6, 6.07) is 21.6. The molecule has 1 saturated heterocycles. The lowest BCUT2D eigenvalue weighted by molar-refractivity contribution is -0.151. The van der Waals surface area contributed by atoms with Crippen LogP contribution < -0.4 is 0 Å². The Hall–Kier alpha value is -2.13. The van der Waals surface area contributed by atoms with Gasteiger partial charge in [0.1, 0.15) is 0 Å². The van der Waals surface area contributed by atoms with Gasteiger partial charge in [-0.1, -0.05) is 73.5 Å². The van der Waals surface area contributed by atoms with Crippen LogP contribution in [0.2, 0.25) is 0 Å². The summed E-state index contributed by atoms with van der Waals surface area (Å²) >= 11 is 0. The van der Waals surface area contributed by atoms with Crippen molar-refractivity contribution in [3.05, 3.63) is 71.8 Å². The van der Waals surface area contributed by atoms with E-state index in [1.54, 1.807) is 0 Å². The van der Waals surface area contributed by atoms with E-state index in [1.165, 1.54) is 17.5 Å². The number of hydrogen-bond donors (Lipinski definition) is 1. The molecule has 1 spiro atoms. The Kier molecular flexibility index (Phi) is 6.34. The molecule has 0 unspecified atom stereocenters. The van der Waals surface area contributed by atoms with Gasteiger partial charge < -0.3 is 10.0 Å². The zero-order valence-corrected chi connectivity index (χ0v) is 17.3. The fourth-order valence-corrected chi connectivity index (χ4v) is 5.84. The maximum absolute atomic E-state index is 12.0. The van der Waals surface area contributed by atoms with E-state index in [9.17, 15) is 9.90 Å². The number of hydrogen-bond acceptors (Lipinski definition) is 2. The molecule has 1 heterocycles. The van der Waals surface area contributed by atoms with Crippen molar-refractivity contribution in [1.82, 2.24) is 4.90 Å². The van der Waals surface area contributed by atoms with Crippen molar-refractivity contribution in [2.24, 2.45) is 11.3 Å². The van der Waals surface area contributed by atoms with E-state index in [4.69, 9.17) is 0 Å². The Morgan fingerprint density at radius 2 is 1.59 bits per heavy atom. The first-order chi connectivity index (χ1) is 14.2. The van der Waals surface area contributed by atoms with Crippen LogP contribution in [0.25, 0.3) is 0 Å². The second-order valence-corrected chi connectivity index (χ2v) is 9.04. The molecule has 2 aliphatic rings. The third-order valence-electron chi connectivity index (χ3n) is 7.28. The van der Waals surface area contributed by atoms with E-state index in [-0.39, 0.29) is 11.3 Å². The Labute approximate surface area is 174 Å². The Morgan fingerprint density at radius 3 is 2.21 bits per heavy atom. The van der Waals surface area contributed by atoms with Gasteiger partial charge in [0.2, 0.25) is 0 Å². The van der Waals surface area contributed by atoms with E-state index < -0.39 is 5.97 Å². The van der Waals surface area contributed by atoms with Crippen molar-refractivity contribution in [2.45, 2.75) is 50.9 Å². The van der Waals surface area contributed by atoms with Crippen molar-refractivity contribution in [2.75, 3.05) is 19.6 Å². The van der Waals surface area contributed by atoms with Gasteiger partial charge in [-0.2, -0.15) is 0 Å². The van der Waals surface area contributed by atoms with Gasteiger partial charge in [-0.3, -0.25) is 4.79 Å². The summed E-state index contributed by atoms with van der Waals surface area (Å²) in [4.78, 5) is 14.5. The highest BCUT2D eigenvalue weighted by Gasteiger charge is 2.46.